The fourth-order valence-corrected chi connectivity index (χ4v) is 4.95. The molecular weight excluding hydrogens is 464 g/mol. The van der Waals surface area contributed by atoms with Crippen LogP contribution in [0, 0.1) is 0 Å². The second kappa shape index (κ2) is 10.5. The summed E-state index contributed by atoms with van der Waals surface area (Å²) in [6, 6.07) is 16.3. The van der Waals surface area contributed by atoms with Crippen molar-refractivity contribution in [1.82, 2.24) is 20.6 Å². The average molecular weight is 493 g/mol. The molecule has 0 spiro atoms. The molecule has 2 unspecified atom stereocenters. The van der Waals surface area contributed by atoms with Crippen LogP contribution in [0.5, 0.6) is 5.75 Å². The molecule has 0 radical (unpaired) electrons. The predicted molar refractivity (Wildman–Crippen MR) is 137 cm³/mol. The van der Waals surface area contributed by atoms with Gasteiger partial charge in [-0.3, -0.25) is 4.79 Å². The molecule has 9 heteroatoms. The number of amides is 1. The number of halogens is 1. The van der Waals surface area contributed by atoms with E-state index in [1.807, 2.05) is 48.5 Å². The molecule has 1 aromatic heterocycles. The first-order valence-corrected chi connectivity index (χ1v) is 12.2. The van der Waals surface area contributed by atoms with E-state index in [9.17, 15) is 4.79 Å². The number of aromatic nitrogens is 2. The summed E-state index contributed by atoms with van der Waals surface area (Å²) in [7, 11) is 1.59. The molecule has 35 heavy (non-hydrogen) atoms. The van der Waals surface area contributed by atoms with Gasteiger partial charge in [-0.15, -0.1) is 0 Å². The lowest BCUT2D eigenvalue weighted by atomic mass is 10.2. The molecule has 0 saturated carbocycles. The fourth-order valence-electron chi connectivity index (χ4n) is 4.67. The standard InChI is InChI=1S/C26H29ClN6O2/c1-35-23-10-7-18(11-22(23)27)13-28-24-21(25(34)29-12-17-5-3-2-4-6-17)14-30-26(32-24)33-15-19-8-9-20(16-33)31-19/h2-7,10-11,14,19-20,31H,8-9,12-13,15-16H2,1H3,(H,29,34)(H,28,30,32). The van der Waals surface area contributed by atoms with Crippen LogP contribution in [0.2, 0.25) is 5.02 Å². The van der Waals surface area contributed by atoms with E-state index in [4.69, 9.17) is 21.3 Å². The van der Waals surface area contributed by atoms with Crippen LogP contribution >= 0.6 is 11.6 Å². The van der Waals surface area contributed by atoms with Gasteiger partial charge in [-0.05, 0) is 36.1 Å². The van der Waals surface area contributed by atoms with E-state index in [1.54, 1.807) is 13.3 Å². The Kier molecular flexibility index (Phi) is 7.01. The Morgan fingerprint density at radius 2 is 1.89 bits per heavy atom. The third kappa shape index (κ3) is 5.49. The maximum atomic E-state index is 13.1. The van der Waals surface area contributed by atoms with E-state index >= 15 is 0 Å². The number of piperazine rings is 1. The Bertz CT molecular complexity index is 1180. The molecule has 3 aromatic rings. The largest absolute Gasteiger partial charge is 0.495 e. The SMILES string of the molecule is COc1ccc(CNc2nc(N3CC4CCC(C3)N4)ncc2C(=O)NCc2ccccc2)cc1Cl. The summed E-state index contributed by atoms with van der Waals surface area (Å²) in [5, 5.41) is 10.5. The van der Waals surface area contributed by atoms with Gasteiger partial charge >= 0.3 is 0 Å². The maximum absolute atomic E-state index is 13.1. The van der Waals surface area contributed by atoms with Crippen LogP contribution < -0.4 is 25.6 Å². The molecule has 2 aliphatic rings. The van der Waals surface area contributed by atoms with Crippen molar-refractivity contribution in [2.75, 3.05) is 30.4 Å². The van der Waals surface area contributed by atoms with Gasteiger partial charge in [0.1, 0.15) is 17.1 Å². The quantitative estimate of drug-likeness (QED) is 0.442. The number of methoxy groups -OCH3 is 1. The summed E-state index contributed by atoms with van der Waals surface area (Å²) in [5.74, 6) is 1.53. The Morgan fingerprint density at radius 1 is 1.11 bits per heavy atom. The van der Waals surface area contributed by atoms with Gasteiger partial charge in [-0.2, -0.15) is 4.98 Å². The minimum Gasteiger partial charge on any atom is -0.495 e. The second-order valence-corrected chi connectivity index (χ2v) is 9.37. The highest BCUT2D eigenvalue weighted by Gasteiger charge is 2.33. The van der Waals surface area contributed by atoms with Crippen molar-refractivity contribution in [2.45, 2.75) is 38.0 Å². The van der Waals surface area contributed by atoms with Gasteiger partial charge < -0.3 is 25.6 Å². The fraction of sp³-hybridized carbons (Fsp3) is 0.346. The van der Waals surface area contributed by atoms with Crippen LogP contribution in [-0.4, -0.2) is 48.2 Å². The number of carbonyl (C=O) groups is 1. The highest BCUT2D eigenvalue weighted by Crippen LogP contribution is 2.27. The predicted octanol–water partition coefficient (Wildman–Crippen LogP) is 3.62. The maximum Gasteiger partial charge on any atom is 0.256 e. The number of hydrogen-bond acceptors (Lipinski definition) is 7. The van der Waals surface area contributed by atoms with Gasteiger partial charge in [0, 0.05) is 44.5 Å². The Hall–Kier alpha value is -3.36. The van der Waals surface area contributed by atoms with E-state index in [0.29, 0.717) is 53.3 Å². The van der Waals surface area contributed by atoms with Crippen molar-refractivity contribution in [3.63, 3.8) is 0 Å². The molecule has 3 N–H and O–H groups in total. The van der Waals surface area contributed by atoms with Gasteiger partial charge in [0.2, 0.25) is 5.95 Å². The molecule has 2 aromatic carbocycles. The van der Waals surface area contributed by atoms with Crippen molar-refractivity contribution in [1.29, 1.82) is 0 Å². The molecule has 2 saturated heterocycles. The number of carbonyl (C=O) groups excluding carboxylic acids is 1. The number of nitrogens with zero attached hydrogens (tertiary/aromatic N) is 3. The normalized spacial score (nSPS) is 18.9. The molecule has 2 atom stereocenters. The van der Waals surface area contributed by atoms with Gasteiger partial charge in [-0.25, -0.2) is 4.98 Å². The highest BCUT2D eigenvalue weighted by atomic mass is 35.5. The number of benzene rings is 2. The summed E-state index contributed by atoms with van der Waals surface area (Å²) in [5.41, 5.74) is 2.38. The van der Waals surface area contributed by atoms with Crippen molar-refractivity contribution in [3.8, 4) is 5.75 Å². The van der Waals surface area contributed by atoms with E-state index in [2.05, 4.69) is 25.8 Å². The molecular formula is C26H29ClN6O2. The summed E-state index contributed by atoms with van der Waals surface area (Å²) in [6.07, 6.45) is 3.96. The minimum atomic E-state index is -0.226. The van der Waals surface area contributed by atoms with Gasteiger partial charge in [0.15, 0.2) is 0 Å². The Morgan fingerprint density at radius 3 is 2.60 bits per heavy atom. The summed E-state index contributed by atoms with van der Waals surface area (Å²) < 4.78 is 5.25. The lowest BCUT2D eigenvalue weighted by molar-refractivity contribution is 0.0951. The molecule has 2 aliphatic heterocycles. The zero-order valence-electron chi connectivity index (χ0n) is 19.6. The smallest absolute Gasteiger partial charge is 0.256 e. The number of rotatable bonds is 8. The lowest BCUT2D eigenvalue weighted by Crippen LogP contribution is -2.51. The molecule has 1 amide bonds. The van der Waals surface area contributed by atoms with Gasteiger partial charge in [-0.1, -0.05) is 48.0 Å². The molecule has 0 aliphatic carbocycles. The van der Waals surface area contributed by atoms with E-state index in [0.717, 1.165) is 24.2 Å². The first-order valence-electron chi connectivity index (χ1n) is 11.9. The molecule has 8 nitrogen and oxygen atoms in total. The Balaban J connectivity index is 1.36. The molecule has 3 heterocycles. The van der Waals surface area contributed by atoms with Crippen molar-refractivity contribution in [2.24, 2.45) is 0 Å². The molecule has 2 fully saturated rings. The topological polar surface area (TPSA) is 91.4 Å². The first kappa shape index (κ1) is 23.4. The van der Waals surface area contributed by atoms with Crippen LogP contribution in [0.3, 0.4) is 0 Å². The number of fused-ring (bicyclic) bond motifs is 2. The summed E-state index contributed by atoms with van der Waals surface area (Å²) >= 11 is 6.30. The number of ether oxygens (including phenoxy) is 1. The van der Waals surface area contributed by atoms with E-state index in [1.165, 1.54) is 12.8 Å². The second-order valence-electron chi connectivity index (χ2n) is 8.97. The monoisotopic (exact) mass is 492 g/mol. The average Bonchev–Trinajstić information content (AvgIpc) is 3.23. The van der Waals surface area contributed by atoms with Crippen LogP contribution in [0.4, 0.5) is 11.8 Å². The number of hydrogen-bond donors (Lipinski definition) is 3. The highest BCUT2D eigenvalue weighted by molar-refractivity contribution is 6.32. The zero-order valence-corrected chi connectivity index (χ0v) is 20.4. The summed E-state index contributed by atoms with van der Waals surface area (Å²) in [6.45, 7) is 2.61. The van der Waals surface area contributed by atoms with E-state index in [-0.39, 0.29) is 5.91 Å². The minimum absolute atomic E-state index is 0.226. The summed E-state index contributed by atoms with van der Waals surface area (Å²) in [4.78, 5) is 24.7. The first-order chi connectivity index (χ1) is 17.1. The van der Waals surface area contributed by atoms with E-state index < -0.39 is 0 Å². The van der Waals surface area contributed by atoms with Crippen LogP contribution in [0.25, 0.3) is 0 Å². The zero-order chi connectivity index (χ0) is 24.2. The van der Waals surface area contributed by atoms with Crippen LogP contribution in [-0.2, 0) is 13.1 Å². The third-order valence-corrected chi connectivity index (χ3v) is 6.79. The van der Waals surface area contributed by atoms with Crippen LogP contribution in [0.15, 0.2) is 54.7 Å². The van der Waals surface area contributed by atoms with Crippen molar-refractivity contribution >= 4 is 29.3 Å². The molecule has 5 rings (SSSR count). The molecule has 182 valence electrons. The van der Waals surface area contributed by atoms with Crippen molar-refractivity contribution in [3.05, 3.63) is 76.4 Å². The van der Waals surface area contributed by atoms with Crippen molar-refractivity contribution < 1.29 is 9.53 Å². The van der Waals surface area contributed by atoms with Gasteiger partial charge in [0.05, 0.1) is 12.1 Å². The Labute approximate surface area is 210 Å². The number of anilines is 2. The third-order valence-electron chi connectivity index (χ3n) is 6.49. The van der Waals surface area contributed by atoms with Crippen LogP contribution in [0.1, 0.15) is 34.3 Å². The lowest BCUT2D eigenvalue weighted by Gasteiger charge is -2.33. The molecule has 2 bridgehead atoms. The number of nitrogens with one attached hydrogen (secondary N) is 3. The van der Waals surface area contributed by atoms with Gasteiger partial charge in [0.25, 0.3) is 5.91 Å².